The van der Waals surface area contributed by atoms with Crippen molar-refractivity contribution in [1.29, 1.82) is 0 Å². The molecule has 0 aliphatic carbocycles. The van der Waals surface area contributed by atoms with Crippen LogP contribution >= 0.6 is 23.3 Å². The molecule has 0 bridgehead atoms. The van der Waals surface area contributed by atoms with E-state index in [2.05, 4.69) is 4.37 Å². The third kappa shape index (κ3) is 2.37. The third-order valence-corrected chi connectivity index (χ3v) is 3.95. The first-order valence-corrected chi connectivity index (χ1v) is 6.23. The van der Waals surface area contributed by atoms with Crippen molar-refractivity contribution in [3.8, 4) is 0 Å². The lowest BCUT2D eigenvalue weighted by atomic mass is 10.2. The molecule has 17 heavy (non-hydrogen) atoms. The number of hydrogen-bond donors (Lipinski definition) is 1. The molecule has 1 aromatic carbocycles. The van der Waals surface area contributed by atoms with Crippen LogP contribution in [0.3, 0.4) is 0 Å². The van der Waals surface area contributed by atoms with E-state index in [9.17, 15) is 14.9 Å². The summed E-state index contributed by atoms with van der Waals surface area (Å²) < 4.78 is 4.52. The predicted molar refractivity (Wildman–Crippen MR) is 64.6 cm³/mol. The van der Waals surface area contributed by atoms with E-state index >= 15 is 0 Å². The summed E-state index contributed by atoms with van der Waals surface area (Å²) in [5.74, 6) is -1.05. The van der Waals surface area contributed by atoms with Gasteiger partial charge in [0.2, 0.25) is 0 Å². The van der Waals surface area contributed by atoms with Gasteiger partial charge in [0.25, 0.3) is 5.69 Å². The second kappa shape index (κ2) is 4.68. The van der Waals surface area contributed by atoms with Gasteiger partial charge >= 0.3 is 5.97 Å². The van der Waals surface area contributed by atoms with E-state index in [4.69, 9.17) is 5.11 Å². The van der Waals surface area contributed by atoms with E-state index in [1.54, 1.807) is 12.1 Å². The Balaban J connectivity index is 2.44. The van der Waals surface area contributed by atoms with Crippen LogP contribution in [-0.2, 0) is 4.79 Å². The topological polar surface area (TPSA) is 93.3 Å². The van der Waals surface area contributed by atoms with Crippen LogP contribution in [0, 0.1) is 10.1 Å². The van der Waals surface area contributed by atoms with Crippen LogP contribution < -0.4 is 0 Å². The SMILES string of the molecule is O=C(O)CSc1nsc2c([N+](=O)[O-])cccc12. The van der Waals surface area contributed by atoms with Gasteiger partial charge in [-0.3, -0.25) is 14.9 Å². The molecule has 6 nitrogen and oxygen atoms in total. The first kappa shape index (κ1) is 11.8. The van der Waals surface area contributed by atoms with Gasteiger partial charge in [-0.25, -0.2) is 0 Å². The summed E-state index contributed by atoms with van der Waals surface area (Å²) in [5.41, 5.74) is 0.00201. The Morgan fingerprint density at radius 2 is 2.35 bits per heavy atom. The molecule has 0 amide bonds. The van der Waals surface area contributed by atoms with Crippen molar-refractivity contribution in [2.75, 3.05) is 5.75 Å². The lowest BCUT2D eigenvalue weighted by molar-refractivity contribution is -0.382. The van der Waals surface area contributed by atoms with Crippen LogP contribution in [0.1, 0.15) is 0 Å². The highest BCUT2D eigenvalue weighted by molar-refractivity contribution is 8.00. The molecule has 8 heteroatoms. The molecule has 88 valence electrons. The standard InChI is InChI=1S/C9H6N2O4S2/c12-7(13)4-16-9-5-2-1-3-6(11(14)15)8(5)17-10-9/h1-3H,4H2,(H,12,13). The van der Waals surface area contributed by atoms with Crippen LogP contribution in [0.15, 0.2) is 23.2 Å². The van der Waals surface area contributed by atoms with Crippen LogP contribution in [0.2, 0.25) is 0 Å². The van der Waals surface area contributed by atoms with E-state index in [-0.39, 0.29) is 11.4 Å². The molecule has 0 unspecified atom stereocenters. The van der Waals surface area contributed by atoms with Crippen LogP contribution in [-0.4, -0.2) is 26.1 Å². The lowest BCUT2D eigenvalue weighted by Gasteiger charge is -1.95. The number of carbonyl (C=O) groups is 1. The predicted octanol–water partition coefficient (Wildman–Crippen LogP) is 2.38. The van der Waals surface area contributed by atoms with Crippen molar-refractivity contribution in [1.82, 2.24) is 4.37 Å². The summed E-state index contributed by atoms with van der Waals surface area (Å²) in [6.07, 6.45) is 0. The monoisotopic (exact) mass is 270 g/mol. The quantitative estimate of drug-likeness (QED) is 0.521. The number of fused-ring (bicyclic) bond motifs is 1. The molecule has 0 aliphatic rings. The minimum atomic E-state index is -0.943. The summed E-state index contributed by atoms with van der Waals surface area (Å²) in [7, 11) is 0. The molecule has 0 radical (unpaired) electrons. The number of aliphatic carboxylic acids is 1. The number of carboxylic acid groups (broad SMARTS) is 1. The van der Waals surface area contributed by atoms with Crippen molar-refractivity contribution >= 4 is 45.0 Å². The van der Waals surface area contributed by atoms with Gasteiger partial charge in [0.15, 0.2) is 0 Å². The fourth-order valence-corrected chi connectivity index (χ4v) is 3.05. The molecular formula is C9H6N2O4S2. The average molecular weight is 270 g/mol. The molecule has 1 aromatic heterocycles. The van der Waals surface area contributed by atoms with Gasteiger partial charge in [0.05, 0.1) is 10.7 Å². The summed E-state index contributed by atoms with van der Waals surface area (Å²) in [5, 5.41) is 20.5. The Labute approximate surface area is 104 Å². The number of nitro groups is 1. The van der Waals surface area contributed by atoms with Gasteiger partial charge < -0.3 is 5.11 Å². The van der Waals surface area contributed by atoms with Gasteiger partial charge in [-0.05, 0) is 11.5 Å². The molecule has 0 atom stereocenters. The third-order valence-electron chi connectivity index (χ3n) is 1.97. The smallest absolute Gasteiger partial charge is 0.313 e. The minimum Gasteiger partial charge on any atom is -0.481 e. The number of thioether (sulfide) groups is 1. The summed E-state index contributed by atoms with van der Waals surface area (Å²) in [6, 6.07) is 4.68. The van der Waals surface area contributed by atoms with Crippen molar-refractivity contribution in [3.05, 3.63) is 28.3 Å². The molecule has 0 fully saturated rings. The number of carboxylic acids is 1. The number of aromatic nitrogens is 1. The normalized spacial score (nSPS) is 10.6. The zero-order chi connectivity index (χ0) is 12.4. The molecule has 0 saturated heterocycles. The largest absolute Gasteiger partial charge is 0.481 e. The number of rotatable bonds is 4. The maximum absolute atomic E-state index is 10.8. The highest BCUT2D eigenvalue weighted by Gasteiger charge is 2.17. The molecule has 0 spiro atoms. The Morgan fingerprint density at radius 3 is 3.00 bits per heavy atom. The molecule has 0 aliphatic heterocycles. The molecule has 0 saturated carbocycles. The van der Waals surface area contributed by atoms with Crippen molar-refractivity contribution in [3.63, 3.8) is 0 Å². The fraction of sp³-hybridized carbons (Fsp3) is 0.111. The van der Waals surface area contributed by atoms with Gasteiger partial charge in [-0.15, -0.1) is 0 Å². The maximum Gasteiger partial charge on any atom is 0.313 e. The van der Waals surface area contributed by atoms with Crippen molar-refractivity contribution < 1.29 is 14.8 Å². The second-order valence-corrected chi connectivity index (χ2v) is 4.82. The lowest BCUT2D eigenvalue weighted by Crippen LogP contribution is -1.97. The number of nitrogens with zero attached hydrogens (tertiary/aromatic N) is 2. The summed E-state index contributed by atoms with van der Waals surface area (Å²) >= 11 is 2.08. The Bertz CT molecular complexity index is 596. The molecule has 1 N–H and O–H groups in total. The summed E-state index contributed by atoms with van der Waals surface area (Å²) in [4.78, 5) is 20.8. The number of nitro benzene ring substituents is 1. The van der Waals surface area contributed by atoms with Gasteiger partial charge in [-0.2, -0.15) is 4.37 Å². The van der Waals surface area contributed by atoms with E-state index in [1.807, 2.05) is 0 Å². The zero-order valence-electron chi connectivity index (χ0n) is 8.32. The van der Waals surface area contributed by atoms with Crippen LogP contribution in [0.4, 0.5) is 5.69 Å². The van der Waals surface area contributed by atoms with Crippen LogP contribution in [0.5, 0.6) is 0 Å². The Morgan fingerprint density at radius 1 is 1.59 bits per heavy atom. The van der Waals surface area contributed by atoms with Gasteiger partial charge in [-0.1, -0.05) is 23.9 Å². The number of benzene rings is 1. The first-order valence-electron chi connectivity index (χ1n) is 4.47. The maximum atomic E-state index is 10.8. The van der Waals surface area contributed by atoms with E-state index in [1.165, 1.54) is 6.07 Å². The van der Waals surface area contributed by atoms with Gasteiger partial charge in [0, 0.05) is 11.5 Å². The molecular weight excluding hydrogens is 264 g/mol. The molecule has 2 aromatic rings. The van der Waals surface area contributed by atoms with E-state index in [0.29, 0.717) is 15.1 Å². The van der Waals surface area contributed by atoms with Gasteiger partial charge in [0.1, 0.15) is 9.73 Å². The molecule has 1 heterocycles. The van der Waals surface area contributed by atoms with Crippen molar-refractivity contribution in [2.45, 2.75) is 5.03 Å². The Hall–Kier alpha value is -1.67. The molecule has 2 rings (SSSR count). The second-order valence-electron chi connectivity index (χ2n) is 3.08. The van der Waals surface area contributed by atoms with Crippen molar-refractivity contribution in [2.24, 2.45) is 0 Å². The minimum absolute atomic E-state index is 0.00201. The highest BCUT2D eigenvalue weighted by Crippen LogP contribution is 2.35. The Kier molecular flexibility index (Phi) is 3.25. The summed E-state index contributed by atoms with van der Waals surface area (Å²) in [6.45, 7) is 0. The first-order chi connectivity index (χ1) is 8.09. The highest BCUT2D eigenvalue weighted by atomic mass is 32.2. The fourth-order valence-electron chi connectivity index (χ4n) is 1.30. The number of hydrogen-bond acceptors (Lipinski definition) is 6. The zero-order valence-corrected chi connectivity index (χ0v) is 9.96. The average Bonchev–Trinajstić information content (AvgIpc) is 2.68. The van der Waals surface area contributed by atoms with E-state index in [0.717, 1.165) is 23.3 Å². The number of non-ortho nitro benzene ring substituents is 1. The van der Waals surface area contributed by atoms with Crippen LogP contribution in [0.25, 0.3) is 10.1 Å². The van der Waals surface area contributed by atoms with E-state index < -0.39 is 10.9 Å².